The zero-order valence-electron chi connectivity index (χ0n) is 15.9. The molecule has 150 valence electrons. The van der Waals surface area contributed by atoms with Gasteiger partial charge in [0.15, 0.2) is 5.82 Å². The molecule has 0 saturated heterocycles. The average Bonchev–Trinajstić information content (AvgIpc) is 3.15. The second-order valence-corrected chi connectivity index (χ2v) is 7.61. The normalized spacial score (nSPS) is 17.9. The predicted molar refractivity (Wildman–Crippen MR) is 109 cm³/mol. The topological polar surface area (TPSA) is 81.1 Å². The molecule has 2 unspecified atom stereocenters. The molecule has 7 nitrogen and oxygen atoms in total. The summed E-state index contributed by atoms with van der Waals surface area (Å²) in [5, 5.41) is 11.4. The van der Waals surface area contributed by atoms with Gasteiger partial charge in [-0.15, -0.1) is 10.2 Å². The number of aryl methyl sites for hydroxylation is 1. The van der Waals surface area contributed by atoms with Crippen LogP contribution in [-0.4, -0.2) is 33.1 Å². The Hall–Kier alpha value is -3.07. The van der Waals surface area contributed by atoms with Gasteiger partial charge in [-0.05, 0) is 29.8 Å². The van der Waals surface area contributed by atoms with Crippen molar-refractivity contribution in [1.82, 2.24) is 14.9 Å². The maximum atomic E-state index is 13.4. The van der Waals surface area contributed by atoms with Crippen LogP contribution >= 0.6 is 11.8 Å². The molecule has 0 radical (unpaired) electrons. The van der Waals surface area contributed by atoms with E-state index in [-0.39, 0.29) is 17.8 Å². The summed E-state index contributed by atoms with van der Waals surface area (Å²) in [6, 6.07) is 12.9. The van der Waals surface area contributed by atoms with Crippen molar-refractivity contribution in [2.24, 2.45) is 0 Å². The molecule has 0 spiro atoms. The van der Waals surface area contributed by atoms with Gasteiger partial charge in [0.1, 0.15) is 16.8 Å². The number of rotatable bonds is 5. The largest absolute Gasteiger partial charge is 0.497 e. The fourth-order valence-corrected chi connectivity index (χ4v) is 4.26. The summed E-state index contributed by atoms with van der Waals surface area (Å²) in [5.74, 6) is 0.900. The van der Waals surface area contributed by atoms with Gasteiger partial charge < -0.3 is 15.5 Å². The minimum absolute atomic E-state index is 0.197. The van der Waals surface area contributed by atoms with Crippen LogP contribution in [0.25, 0.3) is 0 Å². The molecule has 1 aromatic heterocycles. The first kappa shape index (κ1) is 19.3. The Balaban J connectivity index is 1.65. The molecule has 2 atom stereocenters. The van der Waals surface area contributed by atoms with E-state index in [1.165, 1.54) is 23.9 Å². The number of halogens is 1. The van der Waals surface area contributed by atoms with E-state index in [2.05, 4.69) is 20.9 Å². The molecule has 3 aromatic rings. The molecular formula is C20H20FN5O2S. The summed E-state index contributed by atoms with van der Waals surface area (Å²) < 4.78 is 20.5. The number of amides is 1. The highest BCUT2D eigenvalue weighted by Crippen LogP contribution is 2.37. The van der Waals surface area contributed by atoms with E-state index in [1.807, 2.05) is 19.1 Å². The van der Waals surface area contributed by atoms with Gasteiger partial charge in [0.2, 0.25) is 11.1 Å². The standard InChI is InChI=1S/C20H20FN5O2S/c1-3-16-23-24-20-26(16)25-17(12-7-9-13(21)10-8-12)18(29-20)19(27)22-14-5-4-6-15(11-14)28-2/h4-11,17-18,25H,3H2,1-2H3,(H,22,27). The number of nitrogens with zero attached hydrogens (tertiary/aromatic N) is 3. The van der Waals surface area contributed by atoms with Gasteiger partial charge in [-0.3, -0.25) is 4.79 Å². The van der Waals surface area contributed by atoms with Crippen LogP contribution < -0.4 is 15.5 Å². The number of hydrogen-bond acceptors (Lipinski definition) is 6. The summed E-state index contributed by atoms with van der Waals surface area (Å²) in [6.45, 7) is 1.98. The second kappa shape index (κ2) is 8.12. The fraction of sp³-hybridized carbons (Fsp3) is 0.250. The number of benzene rings is 2. The number of fused-ring (bicyclic) bond motifs is 1. The first-order valence-electron chi connectivity index (χ1n) is 9.17. The molecule has 1 amide bonds. The molecule has 29 heavy (non-hydrogen) atoms. The average molecular weight is 413 g/mol. The Bertz CT molecular complexity index is 1020. The van der Waals surface area contributed by atoms with Gasteiger partial charge in [-0.25, -0.2) is 9.07 Å². The number of thioether (sulfide) groups is 1. The first-order chi connectivity index (χ1) is 14.1. The van der Waals surface area contributed by atoms with Gasteiger partial charge in [-0.1, -0.05) is 36.9 Å². The van der Waals surface area contributed by atoms with Crippen LogP contribution in [0.1, 0.15) is 24.4 Å². The molecule has 0 bridgehead atoms. The van der Waals surface area contributed by atoms with E-state index in [0.29, 0.717) is 23.0 Å². The number of aromatic nitrogens is 3. The summed E-state index contributed by atoms with van der Waals surface area (Å²) in [6.07, 6.45) is 0.692. The Morgan fingerprint density at radius 1 is 1.28 bits per heavy atom. The molecule has 0 saturated carbocycles. The van der Waals surface area contributed by atoms with Gasteiger partial charge in [0, 0.05) is 18.2 Å². The Morgan fingerprint density at radius 3 is 2.79 bits per heavy atom. The quantitative estimate of drug-likeness (QED) is 0.667. The van der Waals surface area contributed by atoms with Crippen molar-refractivity contribution in [1.29, 1.82) is 0 Å². The molecule has 0 fully saturated rings. The van der Waals surface area contributed by atoms with E-state index in [4.69, 9.17) is 4.74 Å². The van der Waals surface area contributed by atoms with Gasteiger partial charge in [0.25, 0.3) is 0 Å². The van der Waals surface area contributed by atoms with E-state index < -0.39 is 5.25 Å². The Morgan fingerprint density at radius 2 is 2.07 bits per heavy atom. The molecule has 2 heterocycles. The maximum Gasteiger partial charge on any atom is 0.240 e. The van der Waals surface area contributed by atoms with Crippen molar-refractivity contribution >= 4 is 23.4 Å². The first-order valence-corrected chi connectivity index (χ1v) is 10.0. The molecule has 4 rings (SSSR count). The van der Waals surface area contributed by atoms with Crippen molar-refractivity contribution < 1.29 is 13.9 Å². The third kappa shape index (κ3) is 3.91. The Labute approximate surface area is 171 Å². The predicted octanol–water partition coefficient (Wildman–Crippen LogP) is 3.39. The van der Waals surface area contributed by atoms with Crippen LogP contribution in [-0.2, 0) is 11.2 Å². The van der Waals surface area contributed by atoms with Crippen molar-refractivity contribution in [3.63, 3.8) is 0 Å². The monoisotopic (exact) mass is 413 g/mol. The van der Waals surface area contributed by atoms with Crippen molar-refractivity contribution in [3.05, 3.63) is 65.7 Å². The zero-order chi connectivity index (χ0) is 20.4. The molecule has 1 aliphatic heterocycles. The van der Waals surface area contributed by atoms with Crippen molar-refractivity contribution in [2.45, 2.75) is 29.8 Å². The Kier molecular flexibility index (Phi) is 5.39. The zero-order valence-corrected chi connectivity index (χ0v) is 16.7. The minimum Gasteiger partial charge on any atom is -0.497 e. The van der Waals surface area contributed by atoms with Crippen LogP contribution in [0.4, 0.5) is 10.1 Å². The lowest BCUT2D eigenvalue weighted by Crippen LogP contribution is -2.41. The van der Waals surface area contributed by atoms with Crippen LogP contribution in [0.2, 0.25) is 0 Å². The molecule has 2 aromatic carbocycles. The van der Waals surface area contributed by atoms with E-state index in [1.54, 1.807) is 36.1 Å². The summed E-state index contributed by atoms with van der Waals surface area (Å²) >= 11 is 1.33. The summed E-state index contributed by atoms with van der Waals surface area (Å²) in [5.41, 5.74) is 4.77. The number of hydrogen-bond donors (Lipinski definition) is 2. The number of ether oxygens (including phenoxy) is 1. The smallest absolute Gasteiger partial charge is 0.240 e. The van der Waals surface area contributed by atoms with Gasteiger partial charge >= 0.3 is 0 Å². The van der Waals surface area contributed by atoms with Crippen LogP contribution in [0.5, 0.6) is 5.75 Å². The van der Waals surface area contributed by atoms with Crippen LogP contribution in [0.3, 0.4) is 0 Å². The molecular weight excluding hydrogens is 393 g/mol. The molecule has 9 heteroatoms. The number of carbonyl (C=O) groups is 1. The summed E-state index contributed by atoms with van der Waals surface area (Å²) in [7, 11) is 1.57. The third-order valence-electron chi connectivity index (χ3n) is 4.64. The lowest BCUT2D eigenvalue weighted by Gasteiger charge is -2.33. The number of methoxy groups -OCH3 is 1. The SMILES string of the molecule is CCc1nnc2n1NC(c1ccc(F)cc1)C(C(=O)Nc1cccc(OC)c1)S2. The molecule has 0 aliphatic carbocycles. The number of anilines is 1. The van der Waals surface area contributed by atoms with E-state index in [0.717, 1.165) is 11.4 Å². The van der Waals surface area contributed by atoms with E-state index in [9.17, 15) is 9.18 Å². The molecule has 2 N–H and O–H groups in total. The second-order valence-electron chi connectivity index (χ2n) is 6.51. The third-order valence-corrected chi connectivity index (χ3v) is 5.86. The molecule has 1 aliphatic rings. The van der Waals surface area contributed by atoms with E-state index >= 15 is 0 Å². The number of carbonyl (C=O) groups excluding carboxylic acids is 1. The summed E-state index contributed by atoms with van der Waals surface area (Å²) in [4.78, 5) is 13.2. The number of nitrogens with one attached hydrogen (secondary N) is 2. The van der Waals surface area contributed by atoms with Gasteiger partial charge in [0.05, 0.1) is 13.2 Å². The lowest BCUT2D eigenvalue weighted by atomic mass is 10.0. The van der Waals surface area contributed by atoms with Crippen LogP contribution in [0, 0.1) is 5.82 Å². The van der Waals surface area contributed by atoms with Crippen molar-refractivity contribution in [2.75, 3.05) is 17.9 Å². The highest BCUT2D eigenvalue weighted by atomic mass is 32.2. The highest BCUT2D eigenvalue weighted by Gasteiger charge is 2.37. The highest BCUT2D eigenvalue weighted by molar-refractivity contribution is 8.00. The van der Waals surface area contributed by atoms with Crippen molar-refractivity contribution in [3.8, 4) is 5.75 Å². The maximum absolute atomic E-state index is 13.4. The minimum atomic E-state index is -0.534. The van der Waals surface area contributed by atoms with Gasteiger partial charge in [-0.2, -0.15) is 0 Å². The fourth-order valence-electron chi connectivity index (χ4n) is 3.16. The van der Waals surface area contributed by atoms with Crippen LogP contribution in [0.15, 0.2) is 53.7 Å². The lowest BCUT2D eigenvalue weighted by molar-refractivity contribution is -0.116.